The van der Waals surface area contributed by atoms with E-state index in [0.29, 0.717) is 21.2 Å². The van der Waals surface area contributed by atoms with Crippen LogP contribution in [0, 0.1) is 5.82 Å². The fourth-order valence-electron chi connectivity index (χ4n) is 3.27. The molecule has 2 heterocycles. The zero-order valence-electron chi connectivity index (χ0n) is 16.0. The summed E-state index contributed by atoms with van der Waals surface area (Å²) in [6, 6.07) is 7.93. The van der Waals surface area contributed by atoms with Crippen LogP contribution in [0.2, 0.25) is 4.34 Å². The summed E-state index contributed by atoms with van der Waals surface area (Å²) in [5.41, 5.74) is 0.896. The lowest BCUT2D eigenvalue weighted by atomic mass is 9.90. The van der Waals surface area contributed by atoms with Crippen LogP contribution in [0.15, 0.2) is 30.3 Å². The highest BCUT2D eigenvalue weighted by Gasteiger charge is 2.28. The SMILES string of the molecule is CN1CCCC(c2ccc(NCC(O)CNC(=O)c3ccc(Cl)s3)c(F)c2)C1=O. The molecule has 0 bridgehead atoms. The first-order valence-corrected chi connectivity index (χ1v) is 10.5. The third-order valence-corrected chi connectivity index (χ3v) is 6.11. The van der Waals surface area contributed by atoms with Crippen molar-refractivity contribution in [1.29, 1.82) is 0 Å². The molecule has 156 valence electrons. The Balaban J connectivity index is 1.51. The van der Waals surface area contributed by atoms with Crippen molar-refractivity contribution in [1.82, 2.24) is 10.2 Å². The second-order valence-electron chi connectivity index (χ2n) is 7.04. The van der Waals surface area contributed by atoms with Gasteiger partial charge in [-0.2, -0.15) is 0 Å². The number of nitrogens with one attached hydrogen (secondary N) is 2. The Kier molecular flexibility index (Phi) is 7.10. The van der Waals surface area contributed by atoms with E-state index in [1.165, 1.54) is 6.07 Å². The fraction of sp³-hybridized carbons (Fsp3) is 0.400. The van der Waals surface area contributed by atoms with E-state index in [1.807, 2.05) is 0 Å². The maximum atomic E-state index is 14.5. The molecule has 6 nitrogen and oxygen atoms in total. The average Bonchev–Trinajstić information content (AvgIpc) is 3.13. The van der Waals surface area contributed by atoms with Crippen molar-refractivity contribution in [2.24, 2.45) is 0 Å². The lowest BCUT2D eigenvalue weighted by Crippen LogP contribution is -2.37. The number of anilines is 1. The van der Waals surface area contributed by atoms with Gasteiger partial charge in [-0.3, -0.25) is 9.59 Å². The maximum Gasteiger partial charge on any atom is 0.261 e. The van der Waals surface area contributed by atoms with Crippen molar-refractivity contribution in [2.45, 2.75) is 24.9 Å². The molecule has 3 rings (SSSR count). The standard InChI is InChI=1S/C20H23ClFN3O3S/c1-25-8-2-3-14(20(25)28)12-4-5-16(15(22)9-12)23-10-13(26)11-24-19(27)17-6-7-18(21)29-17/h4-7,9,13-14,23,26H,2-3,8,10-11H2,1H3,(H,24,27). The summed E-state index contributed by atoms with van der Waals surface area (Å²) in [6.07, 6.45) is 0.704. The van der Waals surface area contributed by atoms with Crippen molar-refractivity contribution in [3.63, 3.8) is 0 Å². The summed E-state index contributed by atoms with van der Waals surface area (Å²) in [4.78, 5) is 26.4. The van der Waals surface area contributed by atoms with E-state index >= 15 is 0 Å². The number of piperidine rings is 1. The molecular formula is C20H23ClFN3O3S. The molecule has 1 aliphatic heterocycles. The molecule has 2 unspecified atom stereocenters. The lowest BCUT2D eigenvalue weighted by Gasteiger charge is -2.29. The van der Waals surface area contributed by atoms with Crippen molar-refractivity contribution < 1.29 is 19.1 Å². The van der Waals surface area contributed by atoms with Crippen molar-refractivity contribution in [3.8, 4) is 0 Å². The Labute approximate surface area is 177 Å². The predicted octanol–water partition coefficient (Wildman–Crippen LogP) is 3.08. The van der Waals surface area contributed by atoms with Crippen molar-refractivity contribution in [3.05, 3.63) is 50.9 Å². The monoisotopic (exact) mass is 439 g/mol. The normalized spacial score (nSPS) is 17.9. The van der Waals surface area contributed by atoms with Gasteiger partial charge in [0, 0.05) is 26.7 Å². The molecule has 2 aromatic rings. The van der Waals surface area contributed by atoms with Crippen LogP contribution in [0.1, 0.15) is 34.0 Å². The molecule has 3 N–H and O–H groups in total. The average molecular weight is 440 g/mol. The van der Waals surface area contributed by atoms with Gasteiger partial charge in [-0.1, -0.05) is 17.7 Å². The topological polar surface area (TPSA) is 81.7 Å². The van der Waals surface area contributed by atoms with Gasteiger partial charge >= 0.3 is 0 Å². The van der Waals surface area contributed by atoms with E-state index < -0.39 is 11.9 Å². The summed E-state index contributed by atoms with van der Waals surface area (Å²) in [7, 11) is 1.76. The van der Waals surface area contributed by atoms with Crippen LogP contribution in [-0.2, 0) is 4.79 Å². The second-order valence-corrected chi connectivity index (χ2v) is 8.76. The van der Waals surface area contributed by atoms with Gasteiger partial charge in [-0.05, 0) is 42.7 Å². The Bertz CT molecular complexity index is 892. The number of halogens is 2. The number of hydrogen-bond acceptors (Lipinski definition) is 5. The third kappa shape index (κ3) is 5.46. The molecule has 1 saturated heterocycles. The molecule has 9 heteroatoms. The van der Waals surface area contributed by atoms with Crippen LogP contribution in [0.25, 0.3) is 0 Å². The predicted molar refractivity (Wildman–Crippen MR) is 112 cm³/mol. The Hall–Kier alpha value is -2.16. The summed E-state index contributed by atoms with van der Waals surface area (Å²) >= 11 is 6.95. The fourth-order valence-corrected chi connectivity index (χ4v) is 4.23. The molecule has 2 amide bonds. The summed E-state index contributed by atoms with van der Waals surface area (Å²) < 4.78 is 15.0. The van der Waals surface area contributed by atoms with Gasteiger partial charge in [0.25, 0.3) is 5.91 Å². The minimum Gasteiger partial charge on any atom is -0.389 e. The number of aliphatic hydroxyl groups is 1. The van der Waals surface area contributed by atoms with Gasteiger partial charge in [0.1, 0.15) is 5.82 Å². The largest absolute Gasteiger partial charge is 0.389 e. The van der Waals surface area contributed by atoms with Crippen LogP contribution in [-0.4, -0.2) is 54.6 Å². The minimum absolute atomic E-state index is 0.00884. The number of aliphatic hydroxyl groups excluding tert-OH is 1. The van der Waals surface area contributed by atoms with Gasteiger partial charge in [-0.15, -0.1) is 11.3 Å². The van der Waals surface area contributed by atoms with Gasteiger partial charge in [0.2, 0.25) is 5.91 Å². The third-order valence-electron chi connectivity index (χ3n) is 4.88. The Morgan fingerprint density at radius 3 is 2.86 bits per heavy atom. The highest BCUT2D eigenvalue weighted by molar-refractivity contribution is 7.17. The number of hydrogen-bond donors (Lipinski definition) is 3. The quantitative estimate of drug-likeness (QED) is 0.619. The van der Waals surface area contributed by atoms with Gasteiger partial charge in [-0.25, -0.2) is 4.39 Å². The van der Waals surface area contributed by atoms with Crippen LogP contribution in [0.5, 0.6) is 0 Å². The van der Waals surface area contributed by atoms with E-state index in [4.69, 9.17) is 11.6 Å². The Morgan fingerprint density at radius 1 is 1.38 bits per heavy atom. The van der Waals surface area contributed by atoms with Gasteiger partial charge in [0.05, 0.1) is 26.9 Å². The first-order chi connectivity index (χ1) is 13.8. The number of benzene rings is 1. The van der Waals surface area contributed by atoms with Gasteiger partial charge < -0.3 is 20.6 Å². The number of likely N-dealkylation sites (tertiary alicyclic amines) is 1. The number of likely N-dealkylation sites (N-methyl/N-ethyl adjacent to an activating group) is 1. The van der Waals surface area contributed by atoms with Gasteiger partial charge in [0.15, 0.2) is 0 Å². The number of carbonyl (C=O) groups excluding carboxylic acids is 2. The second kappa shape index (κ2) is 9.56. The number of carbonyl (C=O) groups is 2. The van der Waals surface area contributed by atoms with E-state index in [2.05, 4.69) is 10.6 Å². The first-order valence-electron chi connectivity index (χ1n) is 9.35. The van der Waals surface area contributed by atoms with Crippen LogP contribution in [0.3, 0.4) is 0 Å². The van der Waals surface area contributed by atoms with E-state index in [9.17, 15) is 19.1 Å². The van der Waals surface area contributed by atoms with E-state index in [-0.39, 0.29) is 36.5 Å². The zero-order valence-corrected chi connectivity index (χ0v) is 17.5. The molecule has 1 fully saturated rings. The summed E-state index contributed by atoms with van der Waals surface area (Å²) in [5.74, 6) is -1.11. The Morgan fingerprint density at radius 2 is 2.17 bits per heavy atom. The minimum atomic E-state index is -0.901. The molecular weight excluding hydrogens is 417 g/mol. The molecule has 0 spiro atoms. The zero-order chi connectivity index (χ0) is 21.0. The smallest absolute Gasteiger partial charge is 0.261 e. The molecule has 1 aromatic carbocycles. The highest BCUT2D eigenvalue weighted by atomic mass is 35.5. The highest BCUT2D eigenvalue weighted by Crippen LogP contribution is 2.29. The maximum absolute atomic E-state index is 14.5. The molecule has 2 atom stereocenters. The van der Waals surface area contributed by atoms with Crippen LogP contribution < -0.4 is 10.6 Å². The molecule has 0 aliphatic carbocycles. The first kappa shape index (κ1) is 21.5. The van der Waals surface area contributed by atoms with Crippen LogP contribution >= 0.6 is 22.9 Å². The molecule has 0 saturated carbocycles. The van der Waals surface area contributed by atoms with Crippen molar-refractivity contribution >= 4 is 40.4 Å². The number of amides is 2. The van der Waals surface area contributed by atoms with Crippen LogP contribution in [0.4, 0.5) is 10.1 Å². The number of rotatable bonds is 7. The molecule has 0 radical (unpaired) electrons. The lowest BCUT2D eigenvalue weighted by molar-refractivity contribution is -0.133. The molecule has 1 aromatic heterocycles. The molecule has 29 heavy (non-hydrogen) atoms. The number of nitrogens with zero attached hydrogens (tertiary/aromatic N) is 1. The number of thiophene rings is 1. The summed E-state index contributed by atoms with van der Waals surface area (Å²) in [5, 5.41) is 15.5. The summed E-state index contributed by atoms with van der Waals surface area (Å²) in [6.45, 7) is 0.808. The van der Waals surface area contributed by atoms with E-state index in [1.54, 1.807) is 36.2 Å². The molecule has 1 aliphatic rings. The van der Waals surface area contributed by atoms with E-state index in [0.717, 1.165) is 24.3 Å². The van der Waals surface area contributed by atoms with Crippen molar-refractivity contribution in [2.75, 3.05) is 32.0 Å².